The van der Waals surface area contributed by atoms with Crippen LogP contribution in [-0.4, -0.2) is 25.8 Å². The first-order valence-electron chi connectivity index (χ1n) is 6.32. The maximum absolute atomic E-state index is 11.4. The molecule has 1 N–H and O–H groups in total. The molecule has 0 aliphatic heterocycles. The number of aliphatic carboxylic acids is 1. The second-order valence-electron chi connectivity index (χ2n) is 5.81. The summed E-state index contributed by atoms with van der Waals surface area (Å²) in [4.78, 5) is 11.4. The number of carboxylic acids is 1. The van der Waals surface area contributed by atoms with Crippen LogP contribution in [0.2, 0.25) is 0 Å². The van der Waals surface area contributed by atoms with Gasteiger partial charge in [-0.2, -0.15) is 0 Å². The monoisotopic (exact) mass is 247 g/mol. The highest BCUT2D eigenvalue weighted by Gasteiger charge is 2.41. The van der Waals surface area contributed by atoms with Crippen molar-refractivity contribution in [3.8, 4) is 0 Å². The summed E-state index contributed by atoms with van der Waals surface area (Å²) in [5, 5.41) is 17.4. The summed E-state index contributed by atoms with van der Waals surface area (Å²) in [6.07, 6.45) is 8.29. The van der Waals surface area contributed by atoms with Gasteiger partial charge in [0.2, 0.25) is 0 Å². The molecule has 5 heteroatoms. The summed E-state index contributed by atoms with van der Waals surface area (Å²) >= 11 is 0. The van der Waals surface area contributed by atoms with Gasteiger partial charge >= 0.3 is 5.97 Å². The van der Waals surface area contributed by atoms with Crippen LogP contribution in [0.4, 0.5) is 0 Å². The molecule has 3 unspecified atom stereocenters. The predicted octanol–water partition coefficient (Wildman–Crippen LogP) is 1.78. The maximum atomic E-state index is 11.4. The zero-order chi connectivity index (χ0) is 12.9. The first kappa shape index (κ1) is 11.4. The van der Waals surface area contributed by atoms with Gasteiger partial charge in [-0.1, -0.05) is 12.2 Å². The van der Waals surface area contributed by atoms with E-state index in [-0.39, 0.29) is 0 Å². The summed E-state index contributed by atoms with van der Waals surface area (Å²) in [6, 6.07) is 0. The number of allylic oxidation sites excluding steroid dienone is 2. The van der Waals surface area contributed by atoms with Gasteiger partial charge in [0, 0.05) is 5.92 Å². The number of carbonyl (C=O) groups is 1. The molecule has 3 rings (SSSR count). The quantitative estimate of drug-likeness (QED) is 0.827. The van der Waals surface area contributed by atoms with Crippen molar-refractivity contribution in [3.63, 3.8) is 0 Å². The summed E-state index contributed by atoms with van der Waals surface area (Å²) in [5.41, 5.74) is -0.996. The smallest absolute Gasteiger partial charge is 0.329 e. The van der Waals surface area contributed by atoms with E-state index in [4.69, 9.17) is 0 Å². The van der Waals surface area contributed by atoms with E-state index in [0.29, 0.717) is 17.8 Å². The molecule has 1 saturated carbocycles. The molecular weight excluding hydrogens is 230 g/mol. The van der Waals surface area contributed by atoms with Gasteiger partial charge in [-0.15, -0.1) is 10.2 Å². The van der Waals surface area contributed by atoms with Gasteiger partial charge < -0.3 is 9.67 Å². The molecule has 1 fully saturated rings. The molecule has 2 bridgehead atoms. The average Bonchev–Trinajstić information content (AvgIpc) is 3.04. The van der Waals surface area contributed by atoms with Gasteiger partial charge in [0.15, 0.2) is 0 Å². The molecule has 96 valence electrons. The molecule has 1 aromatic rings. The molecule has 5 nitrogen and oxygen atoms in total. The first-order valence-corrected chi connectivity index (χ1v) is 6.32. The molecule has 0 saturated heterocycles. The molecule has 2 aliphatic carbocycles. The number of aromatic nitrogens is 3. The van der Waals surface area contributed by atoms with Crippen molar-refractivity contribution < 1.29 is 9.90 Å². The van der Waals surface area contributed by atoms with E-state index in [9.17, 15) is 9.90 Å². The van der Waals surface area contributed by atoms with Crippen molar-refractivity contribution in [1.29, 1.82) is 0 Å². The van der Waals surface area contributed by atoms with Crippen molar-refractivity contribution >= 4 is 5.97 Å². The van der Waals surface area contributed by atoms with Crippen LogP contribution in [-0.2, 0) is 10.3 Å². The zero-order valence-electron chi connectivity index (χ0n) is 10.6. The highest BCUT2D eigenvalue weighted by Crippen LogP contribution is 2.48. The number of rotatable bonds is 3. The van der Waals surface area contributed by atoms with Crippen LogP contribution in [0.5, 0.6) is 0 Å². The number of hydrogen-bond acceptors (Lipinski definition) is 3. The Morgan fingerprint density at radius 3 is 2.78 bits per heavy atom. The van der Waals surface area contributed by atoms with Crippen molar-refractivity contribution in [1.82, 2.24) is 14.8 Å². The Bertz CT molecular complexity index is 518. The molecule has 0 amide bonds. The van der Waals surface area contributed by atoms with Gasteiger partial charge in [0.05, 0.1) is 0 Å². The molecule has 18 heavy (non-hydrogen) atoms. The Morgan fingerprint density at radius 2 is 2.22 bits per heavy atom. The fourth-order valence-corrected chi connectivity index (χ4v) is 3.11. The third-order valence-electron chi connectivity index (χ3n) is 4.31. The highest BCUT2D eigenvalue weighted by atomic mass is 16.4. The number of carboxylic acid groups (broad SMARTS) is 1. The second kappa shape index (κ2) is 3.67. The van der Waals surface area contributed by atoms with Crippen molar-refractivity contribution in [3.05, 3.63) is 24.3 Å². The van der Waals surface area contributed by atoms with Crippen LogP contribution in [0.3, 0.4) is 0 Å². The predicted molar refractivity (Wildman–Crippen MR) is 65.1 cm³/mol. The fraction of sp³-hybridized carbons (Fsp3) is 0.615. The lowest BCUT2D eigenvalue weighted by molar-refractivity contribution is -0.145. The van der Waals surface area contributed by atoms with E-state index < -0.39 is 11.5 Å². The topological polar surface area (TPSA) is 68.0 Å². The molecule has 0 aromatic carbocycles. The first-order chi connectivity index (χ1) is 8.50. The van der Waals surface area contributed by atoms with Crippen LogP contribution >= 0.6 is 0 Å². The highest BCUT2D eigenvalue weighted by molar-refractivity contribution is 5.75. The van der Waals surface area contributed by atoms with E-state index >= 15 is 0 Å². The molecular formula is C13H17N3O2. The van der Waals surface area contributed by atoms with Gasteiger partial charge in [0.1, 0.15) is 17.7 Å². The third-order valence-corrected chi connectivity index (χ3v) is 4.31. The van der Waals surface area contributed by atoms with Crippen LogP contribution in [0, 0.1) is 11.8 Å². The Morgan fingerprint density at radius 1 is 1.44 bits per heavy atom. The van der Waals surface area contributed by atoms with Crippen molar-refractivity contribution in [2.45, 2.75) is 38.1 Å². The second-order valence-corrected chi connectivity index (χ2v) is 5.81. The minimum absolute atomic E-state index is 0.320. The molecule has 3 atom stereocenters. The standard InChI is InChI=1S/C13H17N3O2/c1-13(2,12(17)18)16-7-14-15-11(16)10-6-8-3-4-9(10)5-8/h3-4,7-10H,5-6H2,1-2H3,(H,17,18). The molecule has 0 radical (unpaired) electrons. The van der Waals surface area contributed by atoms with E-state index in [1.165, 1.54) is 6.42 Å². The van der Waals surface area contributed by atoms with E-state index in [2.05, 4.69) is 22.3 Å². The van der Waals surface area contributed by atoms with Crippen LogP contribution in [0.15, 0.2) is 18.5 Å². The zero-order valence-corrected chi connectivity index (χ0v) is 10.6. The maximum Gasteiger partial charge on any atom is 0.329 e. The average molecular weight is 247 g/mol. The summed E-state index contributed by atoms with van der Waals surface area (Å²) < 4.78 is 1.72. The fourth-order valence-electron chi connectivity index (χ4n) is 3.11. The lowest BCUT2D eigenvalue weighted by atomic mass is 9.91. The Balaban J connectivity index is 1.98. The van der Waals surface area contributed by atoms with Gasteiger partial charge in [-0.3, -0.25) is 0 Å². The number of hydrogen-bond donors (Lipinski definition) is 1. The Kier molecular flexibility index (Phi) is 2.33. The summed E-state index contributed by atoms with van der Waals surface area (Å²) in [5.74, 6) is 1.42. The Labute approximate surface area is 106 Å². The SMILES string of the molecule is CC(C)(C(=O)O)n1cnnc1C1CC2C=CC1C2. The minimum atomic E-state index is -0.996. The van der Waals surface area contributed by atoms with Crippen LogP contribution in [0.1, 0.15) is 38.4 Å². The minimum Gasteiger partial charge on any atom is -0.480 e. The number of fused-ring (bicyclic) bond motifs is 2. The summed E-state index contributed by atoms with van der Waals surface area (Å²) in [7, 11) is 0. The van der Waals surface area contributed by atoms with Gasteiger partial charge in [-0.05, 0) is 38.5 Å². The normalized spacial score (nSPS) is 30.0. The molecule has 1 aromatic heterocycles. The number of nitrogens with zero attached hydrogens (tertiary/aromatic N) is 3. The van der Waals surface area contributed by atoms with Crippen molar-refractivity contribution in [2.24, 2.45) is 11.8 Å². The van der Waals surface area contributed by atoms with E-state index in [1.807, 2.05) is 0 Å². The van der Waals surface area contributed by atoms with Crippen LogP contribution < -0.4 is 0 Å². The lowest BCUT2D eigenvalue weighted by Gasteiger charge is -2.26. The van der Waals surface area contributed by atoms with E-state index in [0.717, 1.165) is 12.2 Å². The van der Waals surface area contributed by atoms with Crippen molar-refractivity contribution in [2.75, 3.05) is 0 Å². The lowest BCUT2D eigenvalue weighted by Crippen LogP contribution is -2.37. The van der Waals surface area contributed by atoms with E-state index in [1.54, 1.807) is 24.7 Å². The summed E-state index contributed by atoms with van der Waals surface area (Å²) in [6.45, 7) is 3.37. The Hall–Kier alpha value is -1.65. The van der Waals surface area contributed by atoms with Gasteiger partial charge in [0.25, 0.3) is 0 Å². The largest absolute Gasteiger partial charge is 0.480 e. The molecule has 0 spiro atoms. The van der Waals surface area contributed by atoms with Gasteiger partial charge in [-0.25, -0.2) is 4.79 Å². The molecule has 1 heterocycles. The third kappa shape index (κ3) is 1.50. The molecule has 2 aliphatic rings. The van der Waals surface area contributed by atoms with Crippen LogP contribution in [0.25, 0.3) is 0 Å².